The van der Waals surface area contributed by atoms with E-state index in [1.165, 1.54) is 30.3 Å². The topological polar surface area (TPSA) is 95.6 Å². The van der Waals surface area contributed by atoms with E-state index in [0.717, 1.165) is 23.3 Å². The largest absolute Gasteiger partial charge is 0.416 e. The Morgan fingerprint density at radius 2 is 1.41 bits per heavy atom. The van der Waals surface area contributed by atoms with Crippen molar-refractivity contribution in [1.29, 1.82) is 0 Å². The van der Waals surface area contributed by atoms with Gasteiger partial charge in [-0.2, -0.15) is 17.5 Å². The number of aryl methyl sites for hydroxylation is 2. The first-order valence-corrected chi connectivity index (χ1v) is 11.3. The molecule has 0 aliphatic rings. The molecular weight excluding hydrogens is 471 g/mol. The Kier molecular flexibility index (Phi) is 6.96. The summed E-state index contributed by atoms with van der Waals surface area (Å²) in [6.07, 6.45) is -4.63. The number of urea groups is 2. The van der Waals surface area contributed by atoms with Crippen molar-refractivity contribution in [2.24, 2.45) is 0 Å². The predicted octanol–water partition coefficient (Wildman–Crippen LogP) is 5.46. The quantitative estimate of drug-likeness (QED) is 0.507. The molecule has 0 spiro atoms. The van der Waals surface area contributed by atoms with Crippen LogP contribution in [-0.2, 0) is 16.2 Å². The number of anilines is 2. The maximum Gasteiger partial charge on any atom is 0.416 e. The third-order valence-electron chi connectivity index (χ3n) is 4.68. The van der Waals surface area contributed by atoms with Gasteiger partial charge in [0.1, 0.15) is 0 Å². The molecular formula is C23H20F3N3O4S. The molecule has 0 radical (unpaired) electrons. The number of nitrogens with zero attached hydrogens (tertiary/aromatic N) is 1. The van der Waals surface area contributed by atoms with Gasteiger partial charge in [0.05, 0.1) is 16.1 Å². The second-order valence-corrected chi connectivity index (χ2v) is 9.17. The van der Waals surface area contributed by atoms with Crippen molar-refractivity contribution >= 4 is 33.5 Å². The second-order valence-electron chi connectivity index (χ2n) is 7.38. The molecule has 0 aromatic heterocycles. The van der Waals surface area contributed by atoms with Crippen LogP contribution < -0.4 is 14.9 Å². The number of alkyl halides is 3. The summed E-state index contributed by atoms with van der Waals surface area (Å²) in [5.41, 5.74) is 0.337. The third-order valence-corrected chi connectivity index (χ3v) is 6.41. The van der Waals surface area contributed by atoms with Crippen LogP contribution in [0.2, 0.25) is 0 Å². The maximum atomic E-state index is 13.3. The molecule has 11 heteroatoms. The zero-order valence-electron chi connectivity index (χ0n) is 18.1. The lowest BCUT2D eigenvalue weighted by atomic mass is 10.2. The van der Waals surface area contributed by atoms with Gasteiger partial charge in [0.25, 0.3) is 10.0 Å². The van der Waals surface area contributed by atoms with Gasteiger partial charge in [-0.1, -0.05) is 41.5 Å². The molecule has 4 amide bonds. The fourth-order valence-electron chi connectivity index (χ4n) is 2.94. The number of hydrogen-bond donors (Lipinski definition) is 2. The summed E-state index contributed by atoms with van der Waals surface area (Å²) in [4.78, 5) is 25.1. The number of halogens is 3. The van der Waals surface area contributed by atoms with E-state index < -0.39 is 33.8 Å². The van der Waals surface area contributed by atoms with Crippen LogP contribution in [0.25, 0.3) is 0 Å². The van der Waals surface area contributed by atoms with Gasteiger partial charge in [-0.15, -0.1) is 0 Å². The highest BCUT2D eigenvalue weighted by molar-refractivity contribution is 7.93. The molecule has 0 unspecified atom stereocenters. The summed E-state index contributed by atoms with van der Waals surface area (Å²) in [5, 5.41) is 3.97. The zero-order valence-corrected chi connectivity index (χ0v) is 18.9. The molecule has 34 heavy (non-hydrogen) atoms. The first-order valence-electron chi connectivity index (χ1n) is 9.86. The molecule has 0 saturated heterocycles. The number of hydrogen-bond acceptors (Lipinski definition) is 4. The monoisotopic (exact) mass is 491 g/mol. The molecule has 3 rings (SSSR count). The van der Waals surface area contributed by atoms with Crippen LogP contribution in [0.1, 0.15) is 16.7 Å². The van der Waals surface area contributed by atoms with E-state index in [1.807, 2.05) is 5.32 Å². The Morgan fingerprint density at radius 3 is 1.97 bits per heavy atom. The van der Waals surface area contributed by atoms with Gasteiger partial charge in [0.15, 0.2) is 0 Å². The van der Waals surface area contributed by atoms with Crippen LogP contribution in [0.3, 0.4) is 0 Å². The number of sulfonamides is 1. The lowest BCUT2D eigenvalue weighted by Gasteiger charge is -2.23. The number of nitrogens with one attached hydrogen (secondary N) is 2. The minimum atomic E-state index is -4.63. The van der Waals surface area contributed by atoms with Crippen molar-refractivity contribution in [3.8, 4) is 0 Å². The Labute approximate surface area is 194 Å². The number of benzene rings is 3. The standard InChI is InChI=1S/C23H20F3N3O4S/c1-15-6-10-19(11-7-15)29(34(32,33)20-12-8-16(2)9-13-20)22(31)28-21(30)27-18-5-3-4-17(14-18)23(24,25)26/h3-14H,1-2H3,(H2,27,28,30,31). The number of carbonyl (C=O) groups is 2. The maximum absolute atomic E-state index is 13.3. The van der Waals surface area contributed by atoms with E-state index in [4.69, 9.17) is 0 Å². The second kappa shape index (κ2) is 9.56. The van der Waals surface area contributed by atoms with Crippen LogP contribution in [0.15, 0.2) is 77.7 Å². The van der Waals surface area contributed by atoms with Crippen molar-refractivity contribution in [1.82, 2.24) is 5.32 Å². The fraction of sp³-hybridized carbons (Fsp3) is 0.130. The normalized spacial score (nSPS) is 11.6. The van der Waals surface area contributed by atoms with Crippen LogP contribution in [0, 0.1) is 13.8 Å². The van der Waals surface area contributed by atoms with Crippen LogP contribution in [0.4, 0.5) is 34.1 Å². The van der Waals surface area contributed by atoms with Crippen molar-refractivity contribution in [3.63, 3.8) is 0 Å². The Balaban J connectivity index is 1.89. The molecule has 3 aromatic rings. The Bertz CT molecular complexity index is 1310. The lowest BCUT2D eigenvalue weighted by molar-refractivity contribution is -0.137. The van der Waals surface area contributed by atoms with E-state index in [0.29, 0.717) is 10.4 Å². The lowest BCUT2D eigenvalue weighted by Crippen LogP contribution is -2.47. The summed E-state index contributed by atoms with van der Waals surface area (Å²) in [6.45, 7) is 3.53. The fourth-order valence-corrected chi connectivity index (χ4v) is 4.30. The van der Waals surface area contributed by atoms with Crippen LogP contribution in [0.5, 0.6) is 0 Å². The average molecular weight is 491 g/mol. The van der Waals surface area contributed by atoms with E-state index in [2.05, 4.69) is 5.32 Å². The van der Waals surface area contributed by atoms with E-state index >= 15 is 0 Å². The molecule has 0 saturated carbocycles. The summed E-state index contributed by atoms with van der Waals surface area (Å²) in [6, 6.07) is 13.0. The summed E-state index contributed by atoms with van der Waals surface area (Å²) < 4.78 is 65.7. The molecule has 2 N–H and O–H groups in total. The highest BCUT2D eigenvalue weighted by Gasteiger charge is 2.33. The van der Waals surface area contributed by atoms with Gasteiger partial charge in [0, 0.05) is 5.69 Å². The van der Waals surface area contributed by atoms with E-state index in [-0.39, 0.29) is 16.3 Å². The van der Waals surface area contributed by atoms with Gasteiger partial charge < -0.3 is 5.32 Å². The molecule has 3 aromatic carbocycles. The first kappa shape index (κ1) is 24.8. The van der Waals surface area contributed by atoms with Crippen LogP contribution in [-0.4, -0.2) is 20.5 Å². The number of rotatable bonds is 4. The Morgan fingerprint density at radius 1 is 0.853 bits per heavy atom. The molecule has 7 nitrogen and oxygen atoms in total. The minimum Gasteiger partial charge on any atom is -0.308 e. The molecule has 0 heterocycles. The summed E-state index contributed by atoms with van der Waals surface area (Å²) in [5.74, 6) is 0. The molecule has 0 aliphatic carbocycles. The highest BCUT2D eigenvalue weighted by atomic mass is 32.2. The van der Waals surface area contributed by atoms with Crippen molar-refractivity contribution in [3.05, 3.63) is 89.5 Å². The third kappa shape index (κ3) is 5.73. The van der Waals surface area contributed by atoms with Crippen molar-refractivity contribution in [2.45, 2.75) is 24.9 Å². The Hall–Kier alpha value is -3.86. The van der Waals surface area contributed by atoms with Gasteiger partial charge in [-0.05, 0) is 56.3 Å². The van der Waals surface area contributed by atoms with Crippen molar-refractivity contribution < 1.29 is 31.2 Å². The SMILES string of the molecule is Cc1ccc(N(C(=O)NC(=O)Nc2cccc(C(F)(F)F)c2)S(=O)(=O)c2ccc(C)cc2)cc1. The highest BCUT2D eigenvalue weighted by Crippen LogP contribution is 2.30. The summed E-state index contributed by atoms with van der Waals surface area (Å²) in [7, 11) is -4.43. The number of amides is 4. The first-order chi connectivity index (χ1) is 15.9. The van der Waals surface area contributed by atoms with Gasteiger partial charge >= 0.3 is 18.2 Å². The van der Waals surface area contributed by atoms with Gasteiger partial charge in [-0.25, -0.2) is 18.0 Å². The van der Waals surface area contributed by atoms with Gasteiger partial charge in [0.2, 0.25) is 0 Å². The van der Waals surface area contributed by atoms with Crippen LogP contribution >= 0.6 is 0 Å². The van der Waals surface area contributed by atoms with E-state index in [1.54, 1.807) is 38.1 Å². The minimum absolute atomic E-state index is 0.0319. The van der Waals surface area contributed by atoms with Crippen molar-refractivity contribution in [2.75, 3.05) is 9.62 Å². The average Bonchev–Trinajstić information content (AvgIpc) is 2.75. The smallest absolute Gasteiger partial charge is 0.308 e. The predicted molar refractivity (Wildman–Crippen MR) is 121 cm³/mol. The molecule has 0 fully saturated rings. The summed E-state index contributed by atoms with van der Waals surface area (Å²) >= 11 is 0. The number of imide groups is 1. The zero-order chi connectivity index (χ0) is 25.1. The van der Waals surface area contributed by atoms with E-state index in [9.17, 15) is 31.2 Å². The molecule has 178 valence electrons. The van der Waals surface area contributed by atoms with Gasteiger partial charge in [-0.3, -0.25) is 5.32 Å². The molecule has 0 atom stereocenters. The molecule has 0 aliphatic heterocycles. The molecule has 0 bridgehead atoms. The number of carbonyl (C=O) groups excluding carboxylic acids is 2.